The summed E-state index contributed by atoms with van der Waals surface area (Å²) < 4.78 is 18.0. The number of benzene rings is 1. The molecule has 0 radical (unpaired) electrons. The van der Waals surface area contributed by atoms with Crippen molar-refractivity contribution in [1.82, 2.24) is 10.5 Å². The van der Waals surface area contributed by atoms with Gasteiger partial charge in [0.25, 0.3) is 5.91 Å². The molecule has 2 rings (SSSR count). The van der Waals surface area contributed by atoms with Crippen molar-refractivity contribution < 1.29 is 13.7 Å². The van der Waals surface area contributed by atoms with Gasteiger partial charge in [-0.1, -0.05) is 31.1 Å². The zero-order valence-corrected chi connectivity index (χ0v) is 12.4. The molecule has 0 atom stereocenters. The molecule has 4 nitrogen and oxygen atoms in total. The molecule has 112 valence electrons. The fourth-order valence-electron chi connectivity index (χ4n) is 2.12. The lowest BCUT2D eigenvalue weighted by Gasteiger charge is -2.07. The zero-order chi connectivity index (χ0) is 15.4. The number of carbonyl (C=O) groups excluding carboxylic acids is 1. The lowest BCUT2D eigenvalue weighted by Crippen LogP contribution is -2.27. The average Bonchev–Trinajstić information content (AvgIpc) is 2.83. The van der Waals surface area contributed by atoms with Gasteiger partial charge in [-0.2, -0.15) is 0 Å². The molecule has 0 spiro atoms. The monoisotopic (exact) mass is 290 g/mol. The minimum absolute atomic E-state index is 0.101. The van der Waals surface area contributed by atoms with E-state index in [9.17, 15) is 9.18 Å². The van der Waals surface area contributed by atoms with E-state index in [0.717, 1.165) is 5.56 Å². The summed E-state index contributed by atoms with van der Waals surface area (Å²) in [7, 11) is 0. The molecule has 0 saturated heterocycles. The maximum atomic E-state index is 12.8. The van der Waals surface area contributed by atoms with Crippen molar-refractivity contribution in [2.45, 2.75) is 33.1 Å². The van der Waals surface area contributed by atoms with Gasteiger partial charge in [0.15, 0.2) is 5.76 Å². The Morgan fingerprint density at radius 2 is 2.00 bits per heavy atom. The molecule has 2 aromatic rings. The molecule has 1 N–H and O–H groups in total. The van der Waals surface area contributed by atoms with Crippen LogP contribution in [0.2, 0.25) is 0 Å². The Balaban J connectivity index is 1.96. The molecule has 0 bridgehead atoms. The van der Waals surface area contributed by atoms with Gasteiger partial charge in [-0.05, 0) is 31.0 Å². The van der Waals surface area contributed by atoms with Gasteiger partial charge < -0.3 is 9.84 Å². The maximum absolute atomic E-state index is 12.8. The summed E-state index contributed by atoms with van der Waals surface area (Å²) in [5.41, 5.74) is 2.09. The average molecular weight is 290 g/mol. The quantitative estimate of drug-likeness (QED) is 0.920. The van der Waals surface area contributed by atoms with E-state index in [1.54, 1.807) is 19.1 Å². The number of hydrogen-bond donors (Lipinski definition) is 1. The van der Waals surface area contributed by atoms with Gasteiger partial charge in [-0.25, -0.2) is 4.39 Å². The topological polar surface area (TPSA) is 55.1 Å². The van der Waals surface area contributed by atoms with Crippen LogP contribution in [0.1, 0.15) is 47.1 Å². The molecule has 5 heteroatoms. The molecule has 21 heavy (non-hydrogen) atoms. The smallest absolute Gasteiger partial charge is 0.256 e. The molecule has 0 fully saturated rings. The number of nitrogens with zero attached hydrogens (tertiary/aromatic N) is 1. The highest BCUT2D eigenvalue weighted by Gasteiger charge is 2.22. The van der Waals surface area contributed by atoms with Crippen molar-refractivity contribution in [2.24, 2.45) is 0 Å². The fraction of sp³-hybridized carbons (Fsp3) is 0.375. The van der Waals surface area contributed by atoms with Crippen molar-refractivity contribution >= 4 is 5.91 Å². The molecular weight excluding hydrogens is 271 g/mol. The molecule has 1 aromatic heterocycles. The second kappa shape index (κ2) is 6.52. The Hall–Kier alpha value is -2.17. The molecule has 1 heterocycles. The predicted molar refractivity (Wildman–Crippen MR) is 77.8 cm³/mol. The second-order valence-corrected chi connectivity index (χ2v) is 5.29. The van der Waals surface area contributed by atoms with E-state index in [2.05, 4.69) is 10.5 Å². The van der Waals surface area contributed by atoms with Gasteiger partial charge in [-0.3, -0.25) is 4.79 Å². The lowest BCUT2D eigenvalue weighted by atomic mass is 10.0. The van der Waals surface area contributed by atoms with Gasteiger partial charge >= 0.3 is 0 Å². The first-order valence-electron chi connectivity index (χ1n) is 6.98. The van der Waals surface area contributed by atoms with Crippen LogP contribution in [0.5, 0.6) is 0 Å². The number of hydrogen-bond acceptors (Lipinski definition) is 3. The molecule has 0 aliphatic carbocycles. The molecule has 1 amide bonds. The first-order valence-corrected chi connectivity index (χ1v) is 6.98. The first kappa shape index (κ1) is 15.2. The third-order valence-corrected chi connectivity index (χ3v) is 3.25. The highest BCUT2D eigenvalue weighted by atomic mass is 19.1. The van der Waals surface area contributed by atoms with Crippen molar-refractivity contribution in [1.29, 1.82) is 0 Å². The Morgan fingerprint density at radius 1 is 1.33 bits per heavy atom. The van der Waals surface area contributed by atoms with E-state index in [4.69, 9.17) is 4.52 Å². The Kier molecular flexibility index (Phi) is 4.73. The SMILES string of the molecule is Cc1noc(C(C)C)c1C(=O)NCCc1ccc(F)cc1. The highest BCUT2D eigenvalue weighted by Crippen LogP contribution is 2.21. The number of aryl methyl sites for hydroxylation is 1. The number of halogens is 1. The van der Waals surface area contributed by atoms with E-state index in [0.29, 0.717) is 30.0 Å². The number of rotatable bonds is 5. The summed E-state index contributed by atoms with van der Waals surface area (Å²) in [6, 6.07) is 6.26. The number of carbonyl (C=O) groups is 1. The summed E-state index contributed by atoms with van der Waals surface area (Å²) in [6.07, 6.45) is 0.646. The summed E-state index contributed by atoms with van der Waals surface area (Å²) >= 11 is 0. The van der Waals surface area contributed by atoms with Crippen LogP contribution in [0.4, 0.5) is 4.39 Å². The fourth-order valence-corrected chi connectivity index (χ4v) is 2.12. The third kappa shape index (κ3) is 3.68. The summed E-state index contributed by atoms with van der Waals surface area (Å²) in [5, 5.41) is 6.71. The van der Waals surface area contributed by atoms with Crippen LogP contribution < -0.4 is 5.32 Å². The summed E-state index contributed by atoms with van der Waals surface area (Å²) in [6.45, 7) is 6.14. The van der Waals surface area contributed by atoms with Crippen LogP contribution in [0.25, 0.3) is 0 Å². The molecule has 1 aromatic carbocycles. The van der Waals surface area contributed by atoms with Gasteiger partial charge in [0.05, 0.1) is 5.69 Å². The molecule has 0 unspecified atom stereocenters. The van der Waals surface area contributed by atoms with E-state index in [1.807, 2.05) is 13.8 Å². The Morgan fingerprint density at radius 3 is 2.62 bits per heavy atom. The summed E-state index contributed by atoms with van der Waals surface area (Å²) in [5.74, 6) is 0.264. The van der Waals surface area contributed by atoms with E-state index in [1.165, 1.54) is 12.1 Å². The second-order valence-electron chi connectivity index (χ2n) is 5.29. The Labute approximate surface area is 123 Å². The number of nitrogens with one attached hydrogen (secondary N) is 1. The molecular formula is C16H19FN2O2. The minimum atomic E-state index is -0.260. The molecule has 0 saturated carbocycles. The minimum Gasteiger partial charge on any atom is -0.360 e. The lowest BCUT2D eigenvalue weighted by molar-refractivity contribution is 0.0951. The van der Waals surface area contributed by atoms with Crippen LogP contribution in [-0.2, 0) is 6.42 Å². The van der Waals surface area contributed by atoms with Crippen LogP contribution in [0.3, 0.4) is 0 Å². The van der Waals surface area contributed by atoms with Crippen LogP contribution in [0.15, 0.2) is 28.8 Å². The van der Waals surface area contributed by atoms with E-state index < -0.39 is 0 Å². The van der Waals surface area contributed by atoms with Crippen molar-refractivity contribution in [3.8, 4) is 0 Å². The van der Waals surface area contributed by atoms with Gasteiger partial charge in [0, 0.05) is 12.5 Å². The zero-order valence-electron chi connectivity index (χ0n) is 12.4. The van der Waals surface area contributed by atoms with Gasteiger partial charge in [0.2, 0.25) is 0 Å². The predicted octanol–water partition coefficient (Wildman–Crippen LogP) is 3.22. The van der Waals surface area contributed by atoms with Crippen LogP contribution in [0, 0.1) is 12.7 Å². The van der Waals surface area contributed by atoms with E-state index in [-0.39, 0.29) is 17.6 Å². The Bertz CT molecular complexity index is 618. The van der Waals surface area contributed by atoms with Crippen molar-refractivity contribution in [3.63, 3.8) is 0 Å². The standard InChI is InChI=1S/C16H19FN2O2/c1-10(2)15-14(11(3)19-21-15)16(20)18-9-8-12-4-6-13(17)7-5-12/h4-7,10H,8-9H2,1-3H3,(H,18,20). The number of aromatic nitrogens is 1. The van der Waals surface area contributed by atoms with Crippen LogP contribution in [-0.4, -0.2) is 17.6 Å². The van der Waals surface area contributed by atoms with Gasteiger partial charge in [0.1, 0.15) is 11.4 Å². The van der Waals surface area contributed by atoms with Crippen molar-refractivity contribution in [3.05, 3.63) is 52.7 Å². The molecule has 0 aliphatic rings. The number of amides is 1. The normalized spacial score (nSPS) is 10.9. The largest absolute Gasteiger partial charge is 0.360 e. The first-order chi connectivity index (χ1) is 9.99. The highest BCUT2D eigenvalue weighted by molar-refractivity contribution is 5.96. The summed E-state index contributed by atoms with van der Waals surface area (Å²) in [4.78, 5) is 12.2. The van der Waals surface area contributed by atoms with Crippen LogP contribution >= 0.6 is 0 Å². The molecule has 0 aliphatic heterocycles. The van der Waals surface area contributed by atoms with Gasteiger partial charge in [-0.15, -0.1) is 0 Å². The third-order valence-electron chi connectivity index (χ3n) is 3.25. The maximum Gasteiger partial charge on any atom is 0.256 e. The van der Waals surface area contributed by atoms with Crippen molar-refractivity contribution in [2.75, 3.05) is 6.54 Å². The van der Waals surface area contributed by atoms with E-state index >= 15 is 0 Å².